The molecular weight excluding hydrogens is 288 g/mol. The normalized spacial score (nSPS) is 12.1. The Morgan fingerprint density at radius 1 is 1.13 bits per heavy atom. The van der Waals surface area contributed by atoms with Crippen LogP contribution in [0.2, 0.25) is 0 Å². The predicted octanol–water partition coefficient (Wildman–Crippen LogP) is 2.94. The Kier molecular flexibility index (Phi) is 4.35. The van der Waals surface area contributed by atoms with Gasteiger partial charge in [0, 0.05) is 10.9 Å². The number of benzene rings is 2. The fourth-order valence-electron chi connectivity index (χ4n) is 2.56. The molecule has 0 fully saturated rings. The first-order valence-corrected chi connectivity index (χ1v) is 7.46. The van der Waals surface area contributed by atoms with Crippen molar-refractivity contribution in [2.75, 3.05) is 7.11 Å². The van der Waals surface area contributed by atoms with Crippen LogP contribution in [0.5, 0.6) is 0 Å². The van der Waals surface area contributed by atoms with Crippen molar-refractivity contribution in [1.82, 2.24) is 4.98 Å². The Morgan fingerprint density at radius 3 is 2.65 bits per heavy atom. The number of hydrogen-bond donors (Lipinski definition) is 1. The van der Waals surface area contributed by atoms with Crippen LogP contribution in [0, 0.1) is 0 Å². The van der Waals surface area contributed by atoms with Gasteiger partial charge in [-0.15, -0.1) is 0 Å². The standard InChI is InChI=1S/C19H18N2O2/c1-23-19(22)16(20)12-13-7-9-18-15(11-13)8-10-17(21-18)14-5-3-2-4-6-14/h2-11,16H,12,20H2,1H3. The van der Waals surface area contributed by atoms with Crippen LogP contribution in [0.3, 0.4) is 0 Å². The molecule has 0 aliphatic rings. The van der Waals surface area contributed by atoms with Crippen LogP contribution in [-0.4, -0.2) is 24.1 Å². The molecule has 4 nitrogen and oxygen atoms in total. The van der Waals surface area contributed by atoms with E-state index in [0.29, 0.717) is 6.42 Å². The topological polar surface area (TPSA) is 65.2 Å². The number of hydrogen-bond acceptors (Lipinski definition) is 4. The summed E-state index contributed by atoms with van der Waals surface area (Å²) in [5.41, 5.74) is 9.75. The van der Waals surface area contributed by atoms with Gasteiger partial charge in [-0.1, -0.05) is 42.5 Å². The van der Waals surface area contributed by atoms with Gasteiger partial charge in [0.15, 0.2) is 0 Å². The largest absolute Gasteiger partial charge is 0.468 e. The molecule has 23 heavy (non-hydrogen) atoms. The third kappa shape index (κ3) is 3.38. The van der Waals surface area contributed by atoms with Crippen molar-refractivity contribution in [2.45, 2.75) is 12.5 Å². The lowest BCUT2D eigenvalue weighted by Crippen LogP contribution is -2.33. The number of rotatable bonds is 4. The maximum atomic E-state index is 11.4. The van der Waals surface area contributed by atoms with E-state index in [4.69, 9.17) is 10.7 Å². The number of nitrogens with zero attached hydrogens (tertiary/aromatic N) is 1. The molecule has 0 amide bonds. The van der Waals surface area contributed by atoms with Crippen molar-refractivity contribution in [2.24, 2.45) is 5.73 Å². The molecule has 116 valence electrons. The molecular formula is C19H18N2O2. The number of carbonyl (C=O) groups excluding carboxylic acids is 1. The third-order valence-electron chi connectivity index (χ3n) is 3.78. The van der Waals surface area contributed by atoms with Crippen LogP contribution in [-0.2, 0) is 16.0 Å². The molecule has 0 bridgehead atoms. The number of esters is 1. The maximum absolute atomic E-state index is 11.4. The molecule has 2 aromatic carbocycles. The molecule has 0 spiro atoms. The zero-order valence-electron chi connectivity index (χ0n) is 12.9. The van der Waals surface area contributed by atoms with E-state index in [0.717, 1.165) is 27.7 Å². The zero-order valence-corrected chi connectivity index (χ0v) is 12.9. The molecule has 0 saturated carbocycles. The minimum absolute atomic E-state index is 0.400. The molecule has 3 rings (SSSR count). The highest BCUT2D eigenvalue weighted by Gasteiger charge is 2.14. The fourth-order valence-corrected chi connectivity index (χ4v) is 2.56. The molecule has 2 N–H and O–H groups in total. The maximum Gasteiger partial charge on any atom is 0.322 e. The van der Waals surface area contributed by atoms with E-state index >= 15 is 0 Å². The lowest BCUT2D eigenvalue weighted by molar-refractivity contribution is -0.142. The summed E-state index contributed by atoms with van der Waals surface area (Å²) in [4.78, 5) is 16.1. The number of fused-ring (bicyclic) bond motifs is 1. The highest BCUT2D eigenvalue weighted by molar-refractivity contribution is 5.82. The Balaban J connectivity index is 1.89. The Hall–Kier alpha value is -2.72. The van der Waals surface area contributed by atoms with Crippen molar-refractivity contribution in [3.8, 4) is 11.3 Å². The highest BCUT2D eigenvalue weighted by atomic mass is 16.5. The number of nitrogens with two attached hydrogens (primary N) is 1. The van der Waals surface area contributed by atoms with E-state index in [1.165, 1.54) is 7.11 Å². The van der Waals surface area contributed by atoms with Gasteiger partial charge < -0.3 is 10.5 Å². The monoisotopic (exact) mass is 306 g/mol. The Bertz CT molecular complexity index is 831. The van der Waals surface area contributed by atoms with Gasteiger partial charge in [0.1, 0.15) is 6.04 Å². The highest BCUT2D eigenvalue weighted by Crippen LogP contribution is 2.22. The van der Waals surface area contributed by atoms with Crippen molar-refractivity contribution in [3.63, 3.8) is 0 Å². The van der Waals surface area contributed by atoms with Crippen molar-refractivity contribution < 1.29 is 9.53 Å². The Morgan fingerprint density at radius 2 is 1.91 bits per heavy atom. The number of methoxy groups -OCH3 is 1. The van der Waals surface area contributed by atoms with Crippen molar-refractivity contribution in [3.05, 3.63) is 66.2 Å². The summed E-state index contributed by atoms with van der Waals surface area (Å²) in [7, 11) is 1.34. The summed E-state index contributed by atoms with van der Waals surface area (Å²) in [6.07, 6.45) is 0.447. The minimum Gasteiger partial charge on any atom is -0.468 e. The van der Waals surface area contributed by atoms with Gasteiger partial charge in [-0.05, 0) is 30.2 Å². The van der Waals surface area contributed by atoms with Crippen LogP contribution in [0.4, 0.5) is 0 Å². The molecule has 0 saturated heterocycles. The van der Waals surface area contributed by atoms with Crippen LogP contribution < -0.4 is 5.73 Å². The zero-order chi connectivity index (χ0) is 16.2. The summed E-state index contributed by atoms with van der Waals surface area (Å²) in [5, 5.41) is 1.03. The second-order valence-electron chi connectivity index (χ2n) is 5.42. The molecule has 1 unspecified atom stereocenters. The molecule has 1 atom stereocenters. The first-order chi connectivity index (χ1) is 11.2. The lowest BCUT2D eigenvalue weighted by Gasteiger charge is -2.10. The van der Waals surface area contributed by atoms with Crippen LogP contribution >= 0.6 is 0 Å². The van der Waals surface area contributed by atoms with Gasteiger partial charge in [-0.25, -0.2) is 4.98 Å². The second-order valence-corrected chi connectivity index (χ2v) is 5.42. The summed E-state index contributed by atoms with van der Waals surface area (Å²) >= 11 is 0. The molecule has 0 aliphatic heterocycles. The number of pyridine rings is 1. The molecule has 1 heterocycles. The summed E-state index contributed by atoms with van der Waals surface area (Å²) in [6.45, 7) is 0. The van der Waals surface area contributed by atoms with Crippen molar-refractivity contribution in [1.29, 1.82) is 0 Å². The molecule has 4 heteroatoms. The van der Waals surface area contributed by atoms with E-state index in [1.807, 2.05) is 60.7 Å². The van der Waals surface area contributed by atoms with Crippen molar-refractivity contribution >= 4 is 16.9 Å². The summed E-state index contributed by atoms with van der Waals surface area (Å²) in [6, 6.07) is 19.4. The minimum atomic E-state index is -0.644. The van der Waals surface area contributed by atoms with E-state index in [1.54, 1.807) is 0 Å². The number of carbonyl (C=O) groups is 1. The fraction of sp³-hybridized carbons (Fsp3) is 0.158. The number of ether oxygens (including phenoxy) is 1. The smallest absolute Gasteiger partial charge is 0.322 e. The number of aromatic nitrogens is 1. The first-order valence-electron chi connectivity index (χ1n) is 7.46. The van der Waals surface area contributed by atoms with E-state index in [9.17, 15) is 4.79 Å². The molecule has 0 aliphatic carbocycles. The predicted molar refractivity (Wildman–Crippen MR) is 90.9 cm³/mol. The second kappa shape index (κ2) is 6.58. The summed E-state index contributed by atoms with van der Waals surface area (Å²) < 4.78 is 4.66. The quantitative estimate of drug-likeness (QED) is 0.753. The lowest BCUT2D eigenvalue weighted by atomic mass is 10.0. The first kappa shape index (κ1) is 15.2. The van der Waals surface area contributed by atoms with Gasteiger partial charge in [0.25, 0.3) is 0 Å². The average Bonchev–Trinajstić information content (AvgIpc) is 2.61. The molecule has 1 aromatic heterocycles. The van der Waals surface area contributed by atoms with Gasteiger partial charge >= 0.3 is 5.97 Å². The van der Waals surface area contributed by atoms with Gasteiger partial charge in [0.05, 0.1) is 18.3 Å². The van der Waals surface area contributed by atoms with E-state index in [2.05, 4.69) is 4.74 Å². The Labute approximate surface area is 134 Å². The average molecular weight is 306 g/mol. The van der Waals surface area contributed by atoms with E-state index in [-0.39, 0.29) is 0 Å². The summed E-state index contributed by atoms with van der Waals surface area (Å²) in [5.74, 6) is -0.400. The SMILES string of the molecule is COC(=O)C(N)Cc1ccc2nc(-c3ccccc3)ccc2c1. The van der Waals surface area contributed by atoms with Crippen LogP contribution in [0.1, 0.15) is 5.56 Å². The third-order valence-corrected chi connectivity index (χ3v) is 3.78. The van der Waals surface area contributed by atoms with Crippen LogP contribution in [0.25, 0.3) is 22.2 Å². The van der Waals surface area contributed by atoms with E-state index < -0.39 is 12.0 Å². The van der Waals surface area contributed by atoms with Gasteiger partial charge in [-0.3, -0.25) is 4.79 Å². The van der Waals surface area contributed by atoms with Crippen LogP contribution in [0.15, 0.2) is 60.7 Å². The van der Waals surface area contributed by atoms with Gasteiger partial charge in [0.2, 0.25) is 0 Å². The molecule has 0 radical (unpaired) electrons. The van der Waals surface area contributed by atoms with Gasteiger partial charge in [-0.2, -0.15) is 0 Å². The molecule has 3 aromatic rings.